The zero-order valence-electron chi connectivity index (χ0n) is 12.9. The minimum Gasteiger partial charge on any atom is -0.497 e. The molecule has 2 rings (SSSR count). The van der Waals surface area contributed by atoms with Gasteiger partial charge in [-0.3, -0.25) is 0 Å². The van der Waals surface area contributed by atoms with Gasteiger partial charge in [0.15, 0.2) is 5.82 Å². The van der Waals surface area contributed by atoms with Crippen LogP contribution in [0, 0.1) is 0 Å². The normalized spacial score (nSPS) is 11.6. The molecule has 0 saturated carbocycles. The molecule has 0 unspecified atom stereocenters. The van der Waals surface area contributed by atoms with Crippen molar-refractivity contribution in [3.8, 4) is 5.75 Å². The lowest BCUT2D eigenvalue weighted by atomic mass is 9.82. The molecule has 1 heterocycles. The van der Waals surface area contributed by atoms with Gasteiger partial charge in [-0.15, -0.1) is 0 Å². The zero-order valence-corrected chi connectivity index (χ0v) is 12.9. The maximum Gasteiger partial charge on any atom is 0.234 e. The highest BCUT2D eigenvalue weighted by molar-refractivity contribution is 5.30. The van der Waals surface area contributed by atoms with Crippen LogP contribution in [0.3, 0.4) is 0 Å². The van der Waals surface area contributed by atoms with Crippen LogP contribution < -0.4 is 10.5 Å². The van der Waals surface area contributed by atoms with Crippen molar-refractivity contribution in [3.05, 3.63) is 41.5 Å². The van der Waals surface area contributed by atoms with Crippen LogP contribution in [0.4, 0.5) is 0 Å². The standard InChI is InChI=1S/C16H23N3O2/c1-4-16(5-2,11-17)15-18-14(19-21-15)10-12-7-6-8-13(9-12)20-3/h6-9H,4-5,10-11,17H2,1-3H3. The largest absolute Gasteiger partial charge is 0.497 e. The highest BCUT2D eigenvalue weighted by Gasteiger charge is 2.33. The Bertz CT molecular complexity index is 568. The van der Waals surface area contributed by atoms with Crippen molar-refractivity contribution in [1.29, 1.82) is 0 Å². The van der Waals surface area contributed by atoms with Crippen LogP contribution in [-0.4, -0.2) is 23.8 Å². The van der Waals surface area contributed by atoms with Gasteiger partial charge < -0.3 is 15.0 Å². The Morgan fingerprint density at radius 1 is 1.29 bits per heavy atom. The first-order chi connectivity index (χ1) is 10.2. The van der Waals surface area contributed by atoms with E-state index in [1.165, 1.54) is 0 Å². The van der Waals surface area contributed by atoms with Crippen LogP contribution in [0.15, 0.2) is 28.8 Å². The molecule has 5 nitrogen and oxygen atoms in total. The molecule has 0 atom stereocenters. The molecule has 0 aliphatic carbocycles. The molecular weight excluding hydrogens is 266 g/mol. The molecule has 0 spiro atoms. The smallest absolute Gasteiger partial charge is 0.234 e. The maximum atomic E-state index is 5.92. The second kappa shape index (κ2) is 6.72. The number of methoxy groups -OCH3 is 1. The van der Waals surface area contributed by atoms with E-state index in [9.17, 15) is 0 Å². The predicted molar refractivity (Wildman–Crippen MR) is 81.4 cm³/mol. The van der Waals surface area contributed by atoms with Crippen LogP contribution >= 0.6 is 0 Å². The molecule has 0 aliphatic heterocycles. The molecule has 1 aromatic carbocycles. The van der Waals surface area contributed by atoms with Crippen molar-refractivity contribution >= 4 is 0 Å². The summed E-state index contributed by atoms with van der Waals surface area (Å²) in [5, 5.41) is 4.09. The Balaban J connectivity index is 2.19. The molecule has 0 bridgehead atoms. The van der Waals surface area contributed by atoms with Crippen LogP contribution in [0.5, 0.6) is 5.75 Å². The zero-order chi connectivity index (χ0) is 15.3. The number of nitrogens with two attached hydrogens (primary N) is 1. The summed E-state index contributed by atoms with van der Waals surface area (Å²) in [6.45, 7) is 4.71. The molecule has 2 aromatic rings. The van der Waals surface area contributed by atoms with E-state index < -0.39 is 0 Å². The van der Waals surface area contributed by atoms with E-state index >= 15 is 0 Å². The van der Waals surface area contributed by atoms with Crippen LogP contribution in [0.1, 0.15) is 44.0 Å². The predicted octanol–water partition coefficient (Wildman–Crippen LogP) is 2.69. The summed E-state index contributed by atoms with van der Waals surface area (Å²) in [5.41, 5.74) is 6.80. The molecule has 0 aliphatic rings. The summed E-state index contributed by atoms with van der Waals surface area (Å²) < 4.78 is 10.7. The fraction of sp³-hybridized carbons (Fsp3) is 0.500. The number of ether oxygens (including phenoxy) is 1. The van der Waals surface area contributed by atoms with Gasteiger partial charge in [0.1, 0.15) is 5.75 Å². The van der Waals surface area contributed by atoms with Gasteiger partial charge in [-0.05, 0) is 30.5 Å². The highest BCUT2D eigenvalue weighted by Crippen LogP contribution is 2.29. The van der Waals surface area contributed by atoms with Gasteiger partial charge in [0.2, 0.25) is 5.89 Å². The first-order valence-corrected chi connectivity index (χ1v) is 7.33. The van der Waals surface area contributed by atoms with E-state index in [-0.39, 0.29) is 5.41 Å². The average molecular weight is 289 g/mol. The lowest BCUT2D eigenvalue weighted by Gasteiger charge is -2.24. The molecule has 0 amide bonds. The third-order valence-electron chi connectivity index (χ3n) is 4.16. The molecular formula is C16H23N3O2. The van der Waals surface area contributed by atoms with E-state index in [2.05, 4.69) is 24.0 Å². The van der Waals surface area contributed by atoms with Gasteiger partial charge in [0.25, 0.3) is 0 Å². The van der Waals surface area contributed by atoms with Crippen molar-refractivity contribution in [2.24, 2.45) is 5.73 Å². The summed E-state index contributed by atoms with van der Waals surface area (Å²) in [5.74, 6) is 2.15. The quantitative estimate of drug-likeness (QED) is 0.848. The topological polar surface area (TPSA) is 74.2 Å². The highest BCUT2D eigenvalue weighted by atomic mass is 16.5. The number of hydrogen-bond acceptors (Lipinski definition) is 5. The summed E-state index contributed by atoms with van der Waals surface area (Å²) in [6, 6.07) is 7.87. The molecule has 0 saturated heterocycles. The van der Waals surface area contributed by atoms with Gasteiger partial charge in [0.05, 0.1) is 12.5 Å². The number of rotatable bonds is 7. The van der Waals surface area contributed by atoms with Gasteiger partial charge in [0, 0.05) is 13.0 Å². The van der Waals surface area contributed by atoms with Gasteiger partial charge in [-0.1, -0.05) is 31.1 Å². The van der Waals surface area contributed by atoms with E-state index in [0.29, 0.717) is 24.7 Å². The number of aromatic nitrogens is 2. The Hall–Kier alpha value is -1.88. The van der Waals surface area contributed by atoms with Crippen LogP contribution in [-0.2, 0) is 11.8 Å². The fourth-order valence-corrected chi connectivity index (χ4v) is 2.43. The van der Waals surface area contributed by atoms with E-state index in [0.717, 1.165) is 24.2 Å². The average Bonchev–Trinajstić information content (AvgIpc) is 2.99. The molecule has 0 radical (unpaired) electrons. The van der Waals surface area contributed by atoms with Gasteiger partial charge in [-0.2, -0.15) is 4.98 Å². The first kappa shape index (κ1) is 15.5. The van der Waals surface area contributed by atoms with Crippen molar-refractivity contribution in [2.45, 2.75) is 38.5 Å². The molecule has 114 valence electrons. The van der Waals surface area contributed by atoms with Gasteiger partial charge >= 0.3 is 0 Å². The lowest BCUT2D eigenvalue weighted by Crippen LogP contribution is -2.34. The maximum absolute atomic E-state index is 5.92. The minimum atomic E-state index is -0.209. The molecule has 1 aromatic heterocycles. The number of benzene rings is 1. The summed E-state index contributed by atoms with van der Waals surface area (Å²) >= 11 is 0. The third kappa shape index (κ3) is 3.24. The van der Waals surface area contributed by atoms with E-state index in [1.54, 1.807) is 7.11 Å². The Morgan fingerprint density at radius 2 is 2.05 bits per heavy atom. The molecule has 5 heteroatoms. The second-order valence-electron chi connectivity index (χ2n) is 5.24. The summed E-state index contributed by atoms with van der Waals surface area (Å²) in [6.07, 6.45) is 2.40. The monoisotopic (exact) mass is 289 g/mol. The van der Waals surface area contributed by atoms with Crippen molar-refractivity contribution in [1.82, 2.24) is 10.1 Å². The Kier molecular flexibility index (Phi) is 4.96. The second-order valence-corrected chi connectivity index (χ2v) is 5.24. The Labute approximate surface area is 125 Å². The van der Waals surface area contributed by atoms with Crippen molar-refractivity contribution in [2.75, 3.05) is 13.7 Å². The minimum absolute atomic E-state index is 0.209. The molecule has 0 fully saturated rings. The van der Waals surface area contributed by atoms with Crippen molar-refractivity contribution in [3.63, 3.8) is 0 Å². The third-order valence-corrected chi connectivity index (χ3v) is 4.16. The number of hydrogen-bond donors (Lipinski definition) is 1. The molecule has 2 N–H and O–H groups in total. The van der Waals surface area contributed by atoms with E-state index in [4.69, 9.17) is 15.0 Å². The lowest BCUT2D eigenvalue weighted by molar-refractivity contribution is 0.266. The summed E-state index contributed by atoms with van der Waals surface area (Å²) in [7, 11) is 1.66. The number of nitrogens with zero attached hydrogens (tertiary/aromatic N) is 2. The van der Waals surface area contributed by atoms with Crippen LogP contribution in [0.2, 0.25) is 0 Å². The van der Waals surface area contributed by atoms with Crippen molar-refractivity contribution < 1.29 is 9.26 Å². The molecule has 21 heavy (non-hydrogen) atoms. The van der Waals surface area contributed by atoms with E-state index in [1.807, 2.05) is 24.3 Å². The van der Waals surface area contributed by atoms with Crippen LogP contribution in [0.25, 0.3) is 0 Å². The first-order valence-electron chi connectivity index (χ1n) is 7.33. The Morgan fingerprint density at radius 3 is 2.67 bits per heavy atom. The SMILES string of the molecule is CCC(CC)(CN)c1nc(Cc2cccc(OC)c2)no1. The fourth-order valence-electron chi connectivity index (χ4n) is 2.43. The summed E-state index contributed by atoms with van der Waals surface area (Å²) in [4.78, 5) is 4.55. The van der Waals surface area contributed by atoms with Gasteiger partial charge in [-0.25, -0.2) is 0 Å².